The van der Waals surface area contributed by atoms with Gasteiger partial charge in [-0.3, -0.25) is 4.79 Å². The third-order valence-corrected chi connectivity index (χ3v) is 5.24. The van der Waals surface area contributed by atoms with Gasteiger partial charge < -0.3 is 14.6 Å². The van der Waals surface area contributed by atoms with Crippen LogP contribution in [0.5, 0.6) is 5.75 Å². The number of sulfonamides is 1. The number of methoxy groups -OCH3 is 1. The summed E-state index contributed by atoms with van der Waals surface area (Å²) in [5.74, 6) is -0.703. The molecule has 22 heavy (non-hydrogen) atoms. The van der Waals surface area contributed by atoms with E-state index < -0.39 is 28.0 Å². The second-order valence-corrected chi connectivity index (χ2v) is 7.16. The largest absolute Gasteiger partial charge is 0.497 e. The minimum absolute atomic E-state index is 0.0520. The van der Waals surface area contributed by atoms with Crippen molar-refractivity contribution < 1.29 is 27.8 Å². The molecule has 1 unspecified atom stereocenters. The Labute approximate surface area is 129 Å². The Morgan fingerprint density at radius 3 is 2.77 bits per heavy atom. The molecule has 1 atom stereocenters. The number of aliphatic carboxylic acids is 1. The first-order valence-corrected chi connectivity index (χ1v) is 8.24. The van der Waals surface area contributed by atoms with E-state index in [9.17, 15) is 13.2 Å². The predicted molar refractivity (Wildman–Crippen MR) is 78.5 cm³/mol. The molecule has 122 valence electrons. The van der Waals surface area contributed by atoms with Crippen molar-refractivity contribution in [2.75, 3.05) is 20.3 Å². The van der Waals surface area contributed by atoms with Gasteiger partial charge in [-0.15, -0.1) is 0 Å². The van der Waals surface area contributed by atoms with E-state index in [1.54, 1.807) is 6.92 Å². The monoisotopic (exact) mass is 329 g/mol. The van der Waals surface area contributed by atoms with Crippen LogP contribution in [0.1, 0.15) is 18.9 Å². The molecule has 1 aromatic rings. The molecule has 0 aromatic heterocycles. The maximum Gasteiger partial charge on any atom is 0.307 e. The molecule has 1 saturated heterocycles. The lowest BCUT2D eigenvalue weighted by molar-refractivity contribution is -0.136. The van der Waals surface area contributed by atoms with Crippen molar-refractivity contribution in [2.24, 2.45) is 0 Å². The van der Waals surface area contributed by atoms with Crippen molar-refractivity contribution in [3.8, 4) is 5.75 Å². The second-order valence-electron chi connectivity index (χ2n) is 5.51. The van der Waals surface area contributed by atoms with Gasteiger partial charge in [0.2, 0.25) is 10.0 Å². The van der Waals surface area contributed by atoms with E-state index in [4.69, 9.17) is 14.6 Å². The van der Waals surface area contributed by atoms with Crippen LogP contribution in [0.25, 0.3) is 0 Å². The third-order valence-electron chi connectivity index (χ3n) is 3.50. The van der Waals surface area contributed by atoms with Crippen LogP contribution in [-0.4, -0.2) is 45.4 Å². The van der Waals surface area contributed by atoms with E-state index >= 15 is 0 Å². The summed E-state index contributed by atoms with van der Waals surface area (Å²) >= 11 is 0. The standard InChI is InChI=1S/C14H19NO6S/c1-14(5-6-21-9-14)15-22(18,19)12-4-3-11(20-2)7-10(12)8-13(16)17/h3-4,7,15H,5-6,8-9H2,1-2H3,(H,16,17). The van der Waals surface area contributed by atoms with E-state index in [2.05, 4.69) is 4.72 Å². The van der Waals surface area contributed by atoms with Crippen LogP contribution in [0.15, 0.2) is 23.1 Å². The summed E-state index contributed by atoms with van der Waals surface area (Å²) in [5, 5.41) is 8.98. The third kappa shape index (κ3) is 3.76. The summed E-state index contributed by atoms with van der Waals surface area (Å²) in [6, 6.07) is 4.28. The molecule has 0 radical (unpaired) electrons. The summed E-state index contributed by atoms with van der Waals surface area (Å²) in [6.45, 7) is 2.54. The lowest BCUT2D eigenvalue weighted by Gasteiger charge is -2.24. The Morgan fingerprint density at radius 2 is 2.23 bits per heavy atom. The minimum Gasteiger partial charge on any atom is -0.497 e. The normalized spacial score (nSPS) is 21.7. The molecule has 1 aliphatic rings. The number of nitrogens with one attached hydrogen (secondary N) is 1. The summed E-state index contributed by atoms with van der Waals surface area (Å²) in [6.07, 6.45) is 0.164. The molecule has 1 fully saturated rings. The zero-order chi connectivity index (χ0) is 16.4. The van der Waals surface area contributed by atoms with Gasteiger partial charge in [-0.2, -0.15) is 0 Å². The maximum atomic E-state index is 12.6. The van der Waals surface area contributed by atoms with Gasteiger partial charge in [-0.1, -0.05) is 0 Å². The highest BCUT2D eigenvalue weighted by molar-refractivity contribution is 7.89. The zero-order valence-electron chi connectivity index (χ0n) is 12.5. The van der Waals surface area contributed by atoms with Crippen LogP contribution < -0.4 is 9.46 Å². The number of hydrogen-bond donors (Lipinski definition) is 2. The number of hydrogen-bond acceptors (Lipinski definition) is 5. The maximum absolute atomic E-state index is 12.6. The first-order valence-electron chi connectivity index (χ1n) is 6.76. The molecule has 0 bridgehead atoms. The average Bonchev–Trinajstić information content (AvgIpc) is 2.83. The number of carbonyl (C=O) groups is 1. The van der Waals surface area contributed by atoms with Gasteiger partial charge in [0.25, 0.3) is 0 Å². The summed E-state index contributed by atoms with van der Waals surface area (Å²) in [5.41, 5.74) is -0.499. The number of ether oxygens (including phenoxy) is 2. The van der Waals surface area contributed by atoms with Crippen LogP contribution in [0.4, 0.5) is 0 Å². The lowest BCUT2D eigenvalue weighted by Crippen LogP contribution is -2.46. The summed E-state index contributed by atoms with van der Waals surface area (Å²) in [7, 11) is -2.42. The highest BCUT2D eigenvalue weighted by atomic mass is 32.2. The fourth-order valence-electron chi connectivity index (χ4n) is 2.37. The summed E-state index contributed by atoms with van der Waals surface area (Å²) in [4.78, 5) is 10.9. The number of carboxylic acids is 1. The molecular weight excluding hydrogens is 310 g/mol. The minimum atomic E-state index is -3.85. The molecule has 2 N–H and O–H groups in total. The Morgan fingerprint density at radius 1 is 1.50 bits per heavy atom. The molecule has 1 heterocycles. The quantitative estimate of drug-likeness (QED) is 0.800. The van der Waals surface area contributed by atoms with E-state index in [-0.39, 0.29) is 17.1 Å². The van der Waals surface area contributed by atoms with Crippen LogP contribution in [0.2, 0.25) is 0 Å². The van der Waals surface area contributed by atoms with Crippen molar-refractivity contribution in [3.05, 3.63) is 23.8 Å². The molecule has 0 spiro atoms. The Hall–Kier alpha value is -1.64. The zero-order valence-corrected chi connectivity index (χ0v) is 13.3. The molecule has 7 nitrogen and oxygen atoms in total. The molecule has 1 aromatic carbocycles. The fraction of sp³-hybridized carbons (Fsp3) is 0.500. The van der Waals surface area contributed by atoms with Crippen molar-refractivity contribution >= 4 is 16.0 Å². The molecule has 0 amide bonds. The van der Waals surface area contributed by atoms with Crippen LogP contribution in [-0.2, 0) is 26.0 Å². The van der Waals surface area contributed by atoms with Gasteiger partial charge in [0.1, 0.15) is 5.75 Å². The predicted octanol–water partition coefficient (Wildman–Crippen LogP) is 0.780. The molecule has 8 heteroatoms. The molecule has 2 rings (SSSR count). The fourth-order valence-corrected chi connectivity index (χ4v) is 4.02. The Bertz CT molecular complexity index is 664. The number of carboxylic acid groups (broad SMARTS) is 1. The van der Waals surface area contributed by atoms with E-state index in [1.807, 2.05) is 0 Å². The van der Waals surface area contributed by atoms with Crippen molar-refractivity contribution in [2.45, 2.75) is 30.2 Å². The van der Waals surface area contributed by atoms with Crippen molar-refractivity contribution in [3.63, 3.8) is 0 Å². The topological polar surface area (TPSA) is 102 Å². The highest BCUT2D eigenvalue weighted by Crippen LogP contribution is 2.26. The van der Waals surface area contributed by atoms with E-state index in [1.165, 1.54) is 25.3 Å². The van der Waals surface area contributed by atoms with Gasteiger partial charge in [0, 0.05) is 6.61 Å². The molecular formula is C14H19NO6S. The Balaban J connectivity index is 2.38. The van der Waals surface area contributed by atoms with Gasteiger partial charge in [-0.25, -0.2) is 13.1 Å². The van der Waals surface area contributed by atoms with Crippen molar-refractivity contribution in [1.82, 2.24) is 4.72 Å². The SMILES string of the molecule is COc1ccc(S(=O)(=O)NC2(C)CCOC2)c(CC(=O)O)c1. The smallest absolute Gasteiger partial charge is 0.307 e. The van der Waals surface area contributed by atoms with E-state index in [0.29, 0.717) is 18.8 Å². The molecule has 0 aliphatic carbocycles. The van der Waals surface area contributed by atoms with Crippen molar-refractivity contribution in [1.29, 1.82) is 0 Å². The lowest BCUT2D eigenvalue weighted by atomic mass is 10.0. The van der Waals surface area contributed by atoms with Crippen LogP contribution in [0, 0.1) is 0 Å². The second kappa shape index (κ2) is 6.23. The summed E-state index contributed by atoms with van der Waals surface area (Å²) < 4.78 is 38.1. The van der Waals surface area contributed by atoms with Gasteiger partial charge in [0.15, 0.2) is 0 Å². The van der Waals surface area contributed by atoms with Gasteiger partial charge in [-0.05, 0) is 37.1 Å². The molecule has 1 aliphatic heterocycles. The Kier molecular flexibility index (Phi) is 4.74. The first kappa shape index (κ1) is 16.7. The van der Waals surface area contributed by atoms with Crippen LogP contribution >= 0.6 is 0 Å². The van der Waals surface area contributed by atoms with Gasteiger partial charge in [0.05, 0.1) is 30.6 Å². The van der Waals surface area contributed by atoms with Gasteiger partial charge >= 0.3 is 5.97 Å². The molecule has 0 saturated carbocycles. The number of rotatable bonds is 6. The van der Waals surface area contributed by atoms with E-state index in [0.717, 1.165) is 0 Å². The average molecular weight is 329 g/mol. The first-order chi connectivity index (χ1) is 10.3. The van der Waals surface area contributed by atoms with Crippen LogP contribution in [0.3, 0.4) is 0 Å². The number of benzene rings is 1. The highest BCUT2D eigenvalue weighted by Gasteiger charge is 2.35.